The summed E-state index contributed by atoms with van der Waals surface area (Å²) in [4.78, 5) is 27.8. The number of nitrogens with two attached hydrogens (primary N) is 2. The number of esters is 1. The van der Waals surface area contributed by atoms with Gasteiger partial charge in [0.2, 0.25) is 0 Å². The van der Waals surface area contributed by atoms with Gasteiger partial charge in [-0.3, -0.25) is 9.59 Å². The highest BCUT2D eigenvalue weighted by Gasteiger charge is 2.66. The number of guanidine groups is 1. The molecular formula is C43H55N3O6. The zero-order valence-electron chi connectivity index (χ0n) is 30.7. The Hall–Kier alpha value is -3.97. The molecule has 0 spiro atoms. The number of carbonyl (C=O) groups is 2. The molecule has 4 fully saturated rings. The van der Waals surface area contributed by atoms with Gasteiger partial charge in [-0.2, -0.15) is 4.99 Å². The van der Waals surface area contributed by atoms with Gasteiger partial charge < -0.3 is 31.5 Å². The van der Waals surface area contributed by atoms with Crippen molar-refractivity contribution in [2.75, 3.05) is 0 Å². The van der Waals surface area contributed by atoms with Crippen molar-refractivity contribution in [2.45, 2.75) is 103 Å². The van der Waals surface area contributed by atoms with Crippen molar-refractivity contribution in [3.05, 3.63) is 77.4 Å². The number of benzene rings is 2. The Morgan fingerprint density at radius 3 is 2.46 bits per heavy atom. The number of hydrogen-bond donors (Lipinski definition) is 5. The van der Waals surface area contributed by atoms with Gasteiger partial charge in [-0.15, -0.1) is 0 Å². The molecule has 2 aromatic carbocycles. The molecule has 0 radical (unpaired) electrons. The van der Waals surface area contributed by atoms with Crippen LogP contribution < -0.4 is 11.5 Å². The molecule has 6 unspecified atom stereocenters. The van der Waals surface area contributed by atoms with Crippen molar-refractivity contribution in [2.24, 2.45) is 62.8 Å². The lowest BCUT2D eigenvalue weighted by Crippen LogP contribution is -2.63. The van der Waals surface area contributed by atoms with Crippen LogP contribution in [-0.2, 0) is 20.9 Å². The van der Waals surface area contributed by atoms with Gasteiger partial charge in [0.1, 0.15) is 12.2 Å². The van der Waals surface area contributed by atoms with Gasteiger partial charge in [0.15, 0.2) is 5.96 Å². The molecule has 6 rings (SSSR count). The summed E-state index contributed by atoms with van der Waals surface area (Å²) in [5.41, 5.74) is 11.4. The van der Waals surface area contributed by atoms with E-state index in [2.05, 4.69) is 37.6 Å². The number of carbonyl (C=O) groups excluding carboxylic acids is 2. The molecule has 4 aliphatic carbocycles. The molecule has 4 saturated carbocycles. The van der Waals surface area contributed by atoms with E-state index < -0.39 is 23.7 Å². The fourth-order valence-electron chi connectivity index (χ4n) is 10.8. The summed E-state index contributed by atoms with van der Waals surface area (Å²) in [5, 5.41) is 35.6. The number of aliphatic hydroxyl groups excluding tert-OH is 2. The largest absolute Gasteiger partial charge is 0.461 e. The third-order valence-electron chi connectivity index (χ3n) is 13.7. The van der Waals surface area contributed by atoms with Crippen LogP contribution in [0.15, 0.2) is 65.7 Å². The summed E-state index contributed by atoms with van der Waals surface area (Å²) in [5.74, 6) is 6.36. The van der Waals surface area contributed by atoms with E-state index in [0.29, 0.717) is 38.5 Å². The average molecular weight is 710 g/mol. The van der Waals surface area contributed by atoms with Crippen LogP contribution in [0.25, 0.3) is 6.08 Å². The molecule has 0 saturated heterocycles. The fraction of sp³-hybridized carbons (Fsp3) is 0.558. The van der Waals surface area contributed by atoms with Crippen molar-refractivity contribution < 1.29 is 29.6 Å². The van der Waals surface area contributed by atoms with Crippen molar-refractivity contribution in [1.82, 2.24) is 0 Å². The smallest absolute Gasteiger partial charge is 0.306 e. The van der Waals surface area contributed by atoms with Crippen LogP contribution >= 0.6 is 0 Å². The SMILES string of the molecule is CC(CCC(=O)OCc1ccccc1)C1CCC2C3C(C[C@H](O)[C@]12C)[C@@]1(C)CC[C@](O)(C#Cc2ccc(C=CC(=O)N=C(N)N)cc2)CC1C[C@H]3O. The summed E-state index contributed by atoms with van der Waals surface area (Å²) in [6, 6.07) is 17.1. The Balaban J connectivity index is 1.08. The van der Waals surface area contributed by atoms with E-state index in [1.54, 1.807) is 6.08 Å². The molecule has 278 valence electrons. The molecule has 1 amide bonds. The highest BCUT2D eigenvalue weighted by Crippen LogP contribution is 2.69. The van der Waals surface area contributed by atoms with Gasteiger partial charge in [0, 0.05) is 18.1 Å². The van der Waals surface area contributed by atoms with Crippen molar-refractivity contribution in [3.8, 4) is 11.8 Å². The molecule has 0 aromatic heterocycles. The lowest BCUT2D eigenvalue weighted by Gasteiger charge is -2.64. The molecule has 0 heterocycles. The lowest BCUT2D eigenvalue weighted by molar-refractivity contribution is -0.211. The Morgan fingerprint density at radius 1 is 1.02 bits per heavy atom. The van der Waals surface area contributed by atoms with E-state index in [-0.39, 0.29) is 64.9 Å². The highest BCUT2D eigenvalue weighted by molar-refractivity contribution is 5.99. The molecule has 0 bridgehead atoms. The van der Waals surface area contributed by atoms with Crippen LogP contribution in [0.2, 0.25) is 0 Å². The normalized spacial score (nSPS) is 35.6. The number of aliphatic hydroxyl groups is 3. The molecule has 52 heavy (non-hydrogen) atoms. The van der Waals surface area contributed by atoms with E-state index in [1.165, 1.54) is 6.08 Å². The Kier molecular flexibility index (Phi) is 11.0. The molecule has 9 nitrogen and oxygen atoms in total. The standard InChI is InChI=1S/C43H55N3O6/c1-27(9-18-38(50)52-26-30-7-5-4-6-8-30)32-15-16-33-39-34(24-36(48)42(32,33)3)41(2)21-22-43(51,25-31(41)23-35(39)47)20-19-29-12-10-28(11-13-29)14-17-37(49)46-40(44)45/h4-8,10-14,17,27,31-36,39,47-48,51H,9,15-16,18,21-26H2,1-3H3,(H4,44,45,46,49)/t27?,31?,32?,33?,34?,35-,36+,39?,41+,42-,43-/m1/s1. The van der Waals surface area contributed by atoms with Crippen LogP contribution in [0.5, 0.6) is 0 Å². The minimum absolute atomic E-state index is 0.0849. The molecule has 0 aliphatic heterocycles. The first-order valence-corrected chi connectivity index (χ1v) is 18.9. The number of fused-ring (bicyclic) bond motifs is 5. The Morgan fingerprint density at radius 2 is 1.75 bits per heavy atom. The lowest BCUT2D eigenvalue weighted by atomic mass is 9.42. The van der Waals surface area contributed by atoms with Gasteiger partial charge in [0.05, 0.1) is 12.2 Å². The number of aliphatic imine (C=N–C) groups is 1. The first kappa shape index (κ1) is 37.8. The molecule has 2 aromatic rings. The first-order chi connectivity index (χ1) is 24.7. The predicted octanol–water partition coefficient (Wildman–Crippen LogP) is 5.34. The van der Waals surface area contributed by atoms with E-state index in [1.807, 2.05) is 54.6 Å². The van der Waals surface area contributed by atoms with E-state index in [9.17, 15) is 24.9 Å². The highest BCUT2D eigenvalue weighted by atomic mass is 16.5. The third-order valence-corrected chi connectivity index (χ3v) is 13.7. The Bertz CT molecular complexity index is 1730. The molecule has 11 atom stereocenters. The van der Waals surface area contributed by atoms with Crippen LogP contribution in [0, 0.1) is 58.2 Å². The summed E-state index contributed by atoms with van der Waals surface area (Å²) in [6.45, 7) is 7.06. The summed E-state index contributed by atoms with van der Waals surface area (Å²) in [6.07, 6.45) is 8.01. The fourth-order valence-corrected chi connectivity index (χ4v) is 10.8. The molecule has 7 N–H and O–H groups in total. The minimum Gasteiger partial charge on any atom is -0.461 e. The third kappa shape index (κ3) is 7.71. The maximum Gasteiger partial charge on any atom is 0.306 e. The molecule has 4 aliphatic rings. The number of ether oxygens (including phenoxy) is 1. The van der Waals surface area contributed by atoms with Gasteiger partial charge in [-0.25, -0.2) is 0 Å². The zero-order valence-corrected chi connectivity index (χ0v) is 30.7. The summed E-state index contributed by atoms with van der Waals surface area (Å²) < 4.78 is 5.55. The van der Waals surface area contributed by atoms with Crippen molar-refractivity contribution in [3.63, 3.8) is 0 Å². The van der Waals surface area contributed by atoms with Crippen molar-refractivity contribution in [1.29, 1.82) is 0 Å². The van der Waals surface area contributed by atoms with Gasteiger partial charge in [-0.05, 0) is 127 Å². The van der Waals surface area contributed by atoms with Crippen LogP contribution in [0.3, 0.4) is 0 Å². The Labute approximate surface area is 307 Å². The van der Waals surface area contributed by atoms with E-state index >= 15 is 0 Å². The zero-order chi connectivity index (χ0) is 37.3. The summed E-state index contributed by atoms with van der Waals surface area (Å²) >= 11 is 0. The number of nitrogens with zero attached hydrogens (tertiary/aromatic N) is 1. The predicted molar refractivity (Wildman–Crippen MR) is 201 cm³/mol. The average Bonchev–Trinajstić information content (AvgIpc) is 3.48. The van der Waals surface area contributed by atoms with Crippen molar-refractivity contribution >= 4 is 23.9 Å². The monoisotopic (exact) mass is 709 g/mol. The number of rotatable bonds is 8. The van der Waals surface area contributed by atoms with E-state index in [0.717, 1.165) is 36.0 Å². The van der Waals surface area contributed by atoms with Gasteiger partial charge >= 0.3 is 5.97 Å². The second-order valence-corrected chi connectivity index (χ2v) is 16.6. The number of amides is 1. The maximum absolute atomic E-state index is 12.6. The molecular weight excluding hydrogens is 654 g/mol. The van der Waals surface area contributed by atoms with E-state index in [4.69, 9.17) is 16.2 Å². The van der Waals surface area contributed by atoms with Gasteiger partial charge in [0.25, 0.3) is 5.91 Å². The molecule has 9 heteroatoms. The van der Waals surface area contributed by atoms with Crippen LogP contribution in [-0.4, -0.2) is 51.0 Å². The second-order valence-electron chi connectivity index (χ2n) is 16.6. The first-order valence-electron chi connectivity index (χ1n) is 18.9. The van der Waals surface area contributed by atoms with Crippen LogP contribution in [0.4, 0.5) is 0 Å². The van der Waals surface area contributed by atoms with Crippen LogP contribution in [0.1, 0.15) is 95.2 Å². The summed E-state index contributed by atoms with van der Waals surface area (Å²) in [7, 11) is 0. The van der Waals surface area contributed by atoms with Gasteiger partial charge in [-0.1, -0.05) is 75.1 Å². The topological polar surface area (TPSA) is 168 Å². The second kappa shape index (κ2) is 15.2. The maximum atomic E-state index is 12.6. The minimum atomic E-state index is -1.17. The number of hydrogen-bond acceptors (Lipinski definition) is 6. The quantitative estimate of drug-likeness (QED) is 0.0805.